The van der Waals surface area contributed by atoms with Gasteiger partial charge in [-0.05, 0) is 26.2 Å². The average Bonchev–Trinajstić information content (AvgIpc) is 3.07. The number of nitrogens with zero attached hydrogens (tertiary/aromatic N) is 3. The molecular weight excluding hydrogens is 272 g/mol. The SMILES string of the molecule is CC1C(C(=O)O)CCN1C(=O)NCCCCn1ccnc1. The molecule has 2 amide bonds. The first-order valence-corrected chi connectivity index (χ1v) is 7.32. The smallest absolute Gasteiger partial charge is 0.317 e. The molecule has 7 heteroatoms. The maximum Gasteiger partial charge on any atom is 0.317 e. The van der Waals surface area contributed by atoms with Crippen LogP contribution in [0.15, 0.2) is 18.7 Å². The lowest BCUT2D eigenvalue weighted by atomic mass is 10.0. The molecule has 7 nitrogen and oxygen atoms in total. The number of aliphatic carboxylic acids is 1. The van der Waals surface area contributed by atoms with Crippen molar-refractivity contribution in [1.82, 2.24) is 19.8 Å². The maximum atomic E-state index is 12.0. The molecule has 1 saturated heterocycles. The van der Waals surface area contributed by atoms with E-state index in [1.807, 2.05) is 10.8 Å². The largest absolute Gasteiger partial charge is 0.481 e. The summed E-state index contributed by atoms with van der Waals surface area (Å²) >= 11 is 0. The van der Waals surface area contributed by atoms with E-state index in [1.54, 1.807) is 24.3 Å². The van der Waals surface area contributed by atoms with E-state index in [0.717, 1.165) is 19.4 Å². The number of carbonyl (C=O) groups excluding carboxylic acids is 1. The number of nitrogens with one attached hydrogen (secondary N) is 1. The summed E-state index contributed by atoms with van der Waals surface area (Å²) in [6.45, 7) is 3.80. The van der Waals surface area contributed by atoms with E-state index in [9.17, 15) is 9.59 Å². The molecule has 1 aliphatic heterocycles. The molecule has 0 saturated carbocycles. The first-order valence-electron chi connectivity index (χ1n) is 7.32. The van der Waals surface area contributed by atoms with Gasteiger partial charge in [0.15, 0.2) is 0 Å². The summed E-state index contributed by atoms with van der Waals surface area (Å²) in [5.41, 5.74) is 0. The van der Waals surface area contributed by atoms with Gasteiger partial charge >= 0.3 is 12.0 Å². The van der Waals surface area contributed by atoms with Gasteiger partial charge in [-0.3, -0.25) is 4.79 Å². The zero-order valence-electron chi connectivity index (χ0n) is 12.2. The van der Waals surface area contributed by atoms with E-state index >= 15 is 0 Å². The van der Waals surface area contributed by atoms with Crippen molar-refractivity contribution < 1.29 is 14.7 Å². The van der Waals surface area contributed by atoms with E-state index < -0.39 is 11.9 Å². The standard InChI is InChI=1S/C14H22N4O3/c1-11-12(13(19)20)4-8-18(11)14(21)16-5-2-3-7-17-9-6-15-10-17/h6,9-12H,2-5,7-8H2,1H3,(H,16,21)(H,19,20). The number of carboxylic acids is 1. The summed E-state index contributed by atoms with van der Waals surface area (Å²) in [6.07, 6.45) is 7.81. The molecule has 0 spiro atoms. The summed E-state index contributed by atoms with van der Waals surface area (Å²) in [4.78, 5) is 28.6. The second-order valence-electron chi connectivity index (χ2n) is 5.41. The van der Waals surface area contributed by atoms with Crippen LogP contribution in [0.3, 0.4) is 0 Å². The third kappa shape index (κ3) is 3.96. The molecule has 2 atom stereocenters. The Bertz CT molecular complexity index is 475. The molecule has 116 valence electrons. The molecule has 1 aliphatic rings. The molecule has 0 radical (unpaired) electrons. The van der Waals surface area contributed by atoms with Crippen LogP contribution in [0.4, 0.5) is 4.79 Å². The number of urea groups is 1. The van der Waals surface area contributed by atoms with Crippen LogP contribution in [-0.2, 0) is 11.3 Å². The molecule has 2 unspecified atom stereocenters. The Morgan fingerprint density at radius 3 is 2.86 bits per heavy atom. The summed E-state index contributed by atoms with van der Waals surface area (Å²) in [5.74, 6) is -1.27. The number of hydrogen-bond acceptors (Lipinski definition) is 3. The molecule has 1 aromatic rings. The van der Waals surface area contributed by atoms with Crippen LogP contribution in [0.5, 0.6) is 0 Å². The lowest BCUT2D eigenvalue weighted by molar-refractivity contribution is -0.142. The number of aromatic nitrogens is 2. The molecule has 2 heterocycles. The molecule has 0 aromatic carbocycles. The second-order valence-corrected chi connectivity index (χ2v) is 5.41. The molecule has 21 heavy (non-hydrogen) atoms. The lowest BCUT2D eigenvalue weighted by Gasteiger charge is -2.23. The van der Waals surface area contributed by atoms with E-state index in [-0.39, 0.29) is 12.1 Å². The summed E-state index contributed by atoms with van der Waals surface area (Å²) in [6, 6.07) is -0.401. The average molecular weight is 294 g/mol. The van der Waals surface area contributed by atoms with Crippen LogP contribution in [0.1, 0.15) is 26.2 Å². The molecule has 1 fully saturated rings. The van der Waals surface area contributed by atoms with E-state index in [2.05, 4.69) is 10.3 Å². The summed E-state index contributed by atoms with van der Waals surface area (Å²) in [5, 5.41) is 11.9. The fourth-order valence-corrected chi connectivity index (χ4v) is 2.69. The number of amides is 2. The van der Waals surface area contributed by atoms with Crippen molar-refractivity contribution in [2.75, 3.05) is 13.1 Å². The van der Waals surface area contributed by atoms with E-state index in [0.29, 0.717) is 19.5 Å². The highest BCUT2D eigenvalue weighted by molar-refractivity contribution is 5.78. The highest BCUT2D eigenvalue weighted by Gasteiger charge is 2.37. The van der Waals surface area contributed by atoms with Crippen molar-refractivity contribution in [2.24, 2.45) is 5.92 Å². The van der Waals surface area contributed by atoms with Crippen molar-refractivity contribution in [1.29, 1.82) is 0 Å². The number of unbranched alkanes of at least 4 members (excludes halogenated alkanes) is 1. The van der Waals surface area contributed by atoms with Gasteiger partial charge in [0.25, 0.3) is 0 Å². The zero-order chi connectivity index (χ0) is 15.2. The van der Waals surface area contributed by atoms with Gasteiger partial charge in [-0.25, -0.2) is 9.78 Å². The van der Waals surface area contributed by atoms with Crippen LogP contribution >= 0.6 is 0 Å². The Hall–Kier alpha value is -2.05. The third-order valence-corrected chi connectivity index (χ3v) is 4.01. The minimum Gasteiger partial charge on any atom is -0.481 e. The Morgan fingerprint density at radius 1 is 1.43 bits per heavy atom. The third-order valence-electron chi connectivity index (χ3n) is 4.01. The maximum absolute atomic E-state index is 12.0. The summed E-state index contributed by atoms with van der Waals surface area (Å²) < 4.78 is 2.00. The normalized spacial score (nSPS) is 21.5. The molecule has 0 bridgehead atoms. The van der Waals surface area contributed by atoms with Crippen LogP contribution in [0.2, 0.25) is 0 Å². The number of hydrogen-bond donors (Lipinski definition) is 2. The Morgan fingerprint density at radius 2 is 2.24 bits per heavy atom. The number of imidazole rings is 1. The van der Waals surface area contributed by atoms with Crippen LogP contribution < -0.4 is 5.32 Å². The monoisotopic (exact) mass is 294 g/mol. The first-order chi connectivity index (χ1) is 10.1. The lowest BCUT2D eigenvalue weighted by Crippen LogP contribution is -2.44. The molecule has 1 aromatic heterocycles. The topological polar surface area (TPSA) is 87.5 Å². The number of aryl methyl sites for hydroxylation is 1. The van der Waals surface area contributed by atoms with Crippen molar-refractivity contribution in [2.45, 2.75) is 38.8 Å². The van der Waals surface area contributed by atoms with E-state index in [4.69, 9.17) is 5.11 Å². The number of carboxylic acid groups (broad SMARTS) is 1. The first kappa shape index (κ1) is 15.3. The quantitative estimate of drug-likeness (QED) is 0.771. The number of carbonyl (C=O) groups is 2. The Labute approximate surface area is 124 Å². The van der Waals surface area contributed by atoms with Gasteiger partial charge in [0.1, 0.15) is 0 Å². The predicted octanol–water partition coefficient (Wildman–Crippen LogP) is 1.17. The summed E-state index contributed by atoms with van der Waals surface area (Å²) in [7, 11) is 0. The van der Waals surface area contributed by atoms with Crippen molar-refractivity contribution in [3.05, 3.63) is 18.7 Å². The fourth-order valence-electron chi connectivity index (χ4n) is 2.69. The van der Waals surface area contributed by atoms with Gasteiger partial charge in [-0.15, -0.1) is 0 Å². The molecule has 2 N–H and O–H groups in total. The highest BCUT2D eigenvalue weighted by atomic mass is 16.4. The van der Waals surface area contributed by atoms with Crippen molar-refractivity contribution in [3.63, 3.8) is 0 Å². The van der Waals surface area contributed by atoms with Gasteiger partial charge in [-0.2, -0.15) is 0 Å². The van der Waals surface area contributed by atoms with Crippen LogP contribution in [-0.4, -0.2) is 50.7 Å². The highest BCUT2D eigenvalue weighted by Crippen LogP contribution is 2.24. The number of likely N-dealkylation sites (tertiary alicyclic amines) is 1. The van der Waals surface area contributed by atoms with Gasteiger partial charge < -0.3 is 19.9 Å². The minimum absolute atomic E-state index is 0.158. The van der Waals surface area contributed by atoms with Gasteiger partial charge in [0.2, 0.25) is 0 Å². The van der Waals surface area contributed by atoms with E-state index in [1.165, 1.54) is 0 Å². The molecule has 2 rings (SSSR count). The zero-order valence-corrected chi connectivity index (χ0v) is 12.2. The Balaban J connectivity index is 1.64. The number of rotatable bonds is 6. The van der Waals surface area contributed by atoms with Gasteiger partial charge in [0, 0.05) is 38.1 Å². The molecular formula is C14H22N4O3. The van der Waals surface area contributed by atoms with Crippen molar-refractivity contribution in [3.8, 4) is 0 Å². The predicted molar refractivity (Wildman–Crippen MR) is 76.8 cm³/mol. The molecule has 0 aliphatic carbocycles. The fraction of sp³-hybridized carbons (Fsp3) is 0.643. The second kappa shape index (κ2) is 7.10. The minimum atomic E-state index is -0.821. The van der Waals surface area contributed by atoms with Gasteiger partial charge in [0.05, 0.1) is 12.2 Å². The van der Waals surface area contributed by atoms with Gasteiger partial charge in [-0.1, -0.05) is 0 Å². The van der Waals surface area contributed by atoms with Crippen molar-refractivity contribution >= 4 is 12.0 Å². The van der Waals surface area contributed by atoms with Crippen LogP contribution in [0.25, 0.3) is 0 Å². The Kier molecular flexibility index (Phi) is 5.19. The van der Waals surface area contributed by atoms with Crippen LogP contribution in [0, 0.1) is 5.92 Å².